The van der Waals surface area contributed by atoms with Crippen molar-refractivity contribution in [2.24, 2.45) is 0 Å². The van der Waals surface area contributed by atoms with Crippen LogP contribution in [0.2, 0.25) is 0 Å². The molecule has 0 spiro atoms. The van der Waals surface area contributed by atoms with Crippen molar-refractivity contribution in [3.05, 3.63) is 83.7 Å². The molecule has 0 unspecified atom stereocenters. The maximum absolute atomic E-state index is 13.1. The van der Waals surface area contributed by atoms with Gasteiger partial charge in [0, 0.05) is 50.7 Å². The zero-order valence-electron chi connectivity index (χ0n) is 23.4. The van der Waals surface area contributed by atoms with Crippen molar-refractivity contribution >= 4 is 23.2 Å². The number of alkyl halides is 3. The average Bonchev–Trinajstić information content (AvgIpc) is 2.99. The zero-order chi connectivity index (χ0) is 29.9. The molecule has 9 nitrogen and oxygen atoms in total. The van der Waals surface area contributed by atoms with Crippen LogP contribution in [0.15, 0.2) is 67.0 Å². The highest BCUT2D eigenvalue weighted by atomic mass is 19.4. The van der Waals surface area contributed by atoms with Crippen molar-refractivity contribution in [1.29, 1.82) is 0 Å². The average molecular weight is 578 g/mol. The lowest BCUT2D eigenvalue weighted by atomic mass is 10.1. The summed E-state index contributed by atoms with van der Waals surface area (Å²) in [5.74, 6) is 0.649. The van der Waals surface area contributed by atoms with Gasteiger partial charge in [0.25, 0.3) is 5.91 Å². The highest BCUT2D eigenvalue weighted by Gasteiger charge is 2.31. The molecule has 1 aliphatic rings. The van der Waals surface area contributed by atoms with E-state index in [0.717, 1.165) is 44.0 Å². The highest BCUT2D eigenvalue weighted by molar-refractivity contribution is 6.04. The van der Waals surface area contributed by atoms with Crippen molar-refractivity contribution in [1.82, 2.24) is 19.9 Å². The third-order valence-corrected chi connectivity index (χ3v) is 6.95. The first-order chi connectivity index (χ1) is 20.1. The first-order valence-electron chi connectivity index (χ1n) is 13.3. The zero-order valence-corrected chi connectivity index (χ0v) is 23.4. The number of ether oxygens (including phenoxy) is 1. The molecule has 0 atom stereocenters. The summed E-state index contributed by atoms with van der Waals surface area (Å²) < 4.78 is 45.5. The molecule has 0 aliphatic carbocycles. The van der Waals surface area contributed by atoms with Gasteiger partial charge in [-0.05, 0) is 68.1 Å². The van der Waals surface area contributed by atoms with E-state index in [4.69, 9.17) is 4.74 Å². The Hall–Kier alpha value is -4.71. The molecule has 2 N–H and O–H groups in total. The van der Waals surface area contributed by atoms with Gasteiger partial charge < -0.3 is 25.2 Å². The summed E-state index contributed by atoms with van der Waals surface area (Å²) in [4.78, 5) is 30.7. The van der Waals surface area contributed by atoms with Crippen LogP contribution in [-0.2, 0) is 6.18 Å². The van der Waals surface area contributed by atoms with E-state index in [1.54, 1.807) is 50.6 Å². The van der Waals surface area contributed by atoms with Gasteiger partial charge in [-0.15, -0.1) is 0 Å². The molecule has 1 saturated heterocycles. The minimum atomic E-state index is -4.54. The number of hydrogen-bond donors (Lipinski definition) is 2. The molecule has 3 heterocycles. The number of halogens is 3. The fourth-order valence-electron chi connectivity index (χ4n) is 4.56. The number of carbonyl (C=O) groups excluding carboxylic acids is 1. The van der Waals surface area contributed by atoms with Crippen LogP contribution in [-0.4, -0.2) is 66.0 Å². The van der Waals surface area contributed by atoms with E-state index in [2.05, 4.69) is 42.4 Å². The minimum absolute atomic E-state index is 0.0946. The Labute approximate surface area is 241 Å². The third-order valence-electron chi connectivity index (χ3n) is 6.95. The number of benzene rings is 2. The minimum Gasteiger partial charge on any atom is -0.438 e. The number of piperazine rings is 1. The van der Waals surface area contributed by atoms with E-state index < -0.39 is 17.6 Å². The molecule has 218 valence electrons. The molecular weight excluding hydrogens is 547 g/mol. The summed E-state index contributed by atoms with van der Waals surface area (Å²) in [7, 11) is 3.84. The van der Waals surface area contributed by atoms with Crippen molar-refractivity contribution < 1.29 is 22.7 Å². The maximum atomic E-state index is 13.1. The van der Waals surface area contributed by atoms with Crippen LogP contribution in [0.25, 0.3) is 11.3 Å². The SMILES string of the molecule is CNc1nccc(-c2cc(N3CCN(C)CC3)cnc2Oc2ccc(NC(=O)c3cccc(C(F)(F)F)c3)cc2C)n1. The summed E-state index contributed by atoms with van der Waals surface area (Å²) in [6, 6.07) is 13.1. The smallest absolute Gasteiger partial charge is 0.416 e. The fourth-order valence-corrected chi connectivity index (χ4v) is 4.56. The Morgan fingerprint density at radius 3 is 2.50 bits per heavy atom. The summed E-state index contributed by atoms with van der Waals surface area (Å²) >= 11 is 0. The van der Waals surface area contributed by atoms with Gasteiger partial charge in [0.05, 0.1) is 28.7 Å². The molecule has 0 saturated carbocycles. The van der Waals surface area contributed by atoms with Gasteiger partial charge in [0.2, 0.25) is 11.8 Å². The second-order valence-electron chi connectivity index (χ2n) is 9.97. The fraction of sp³-hybridized carbons (Fsp3) is 0.267. The quantitative estimate of drug-likeness (QED) is 0.289. The molecule has 2 aromatic carbocycles. The molecule has 4 aromatic rings. The number of nitrogens with zero attached hydrogens (tertiary/aromatic N) is 5. The predicted molar refractivity (Wildman–Crippen MR) is 155 cm³/mol. The Bertz CT molecular complexity index is 1590. The first-order valence-corrected chi connectivity index (χ1v) is 13.3. The van der Waals surface area contributed by atoms with E-state index in [9.17, 15) is 18.0 Å². The molecule has 1 fully saturated rings. The van der Waals surface area contributed by atoms with Crippen LogP contribution >= 0.6 is 0 Å². The largest absolute Gasteiger partial charge is 0.438 e. The van der Waals surface area contributed by atoms with Crippen molar-refractivity contribution in [2.75, 3.05) is 55.8 Å². The van der Waals surface area contributed by atoms with Crippen molar-refractivity contribution in [2.45, 2.75) is 13.1 Å². The lowest BCUT2D eigenvalue weighted by Crippen LogP contribution is -2.44. The topological polar surface area (TPSA) is 95.5 Å². The molecule has 2 aromatic heterocycles. The number of rotatable bonds is 7. The number of nitrogens with one attached hydrogen (secondary N) is 2. The lowest BCUT2D eigenvalue weighted by Gasteiger charge is -2.34. The van der Waals surface area contributed by atoms with Crippen LogP contribution < -0.4 is 20.3 Å². The molecular formula is C30H30F3N7O2. The second kappa shape index (κ2) is 12.0. The van der Waals surface area contributed by atoms with Gasteiger partial charge in [-0.3, -0.25) is 4.79 Å². The van der Waals surface area contributed by atoms with E-state index in [1.807, 2.05) is 6.07 Å². The monoisotopic (exact) mass is 577 g/mol. The summed E-state index contributed by atoms with van der Waals surface area (Å²) in [5, 5.41) is 5.61. The van der Waals surface area contributed by atoms with Crippen LogP contribution in [0.3, 0.4) is 0 Å². The predicted octanol–water partition coefficient (Wildman–Crippen LogP) is 5.70. The van der Waals surface area contributed by atoms with Crippen LogP contribution in [0.4, 0.5) is 30.5 Å². The number of amides is 1. The summed E-state index contributed by atoms with van der Waals surface area (Å²) in [5.41, 5.74) is 2.40. The van der Waals surface area contributed by atoms with Gasteiger partial charge in [0.15, 0.2) is 0 Å². The summed E-state index contributed by atoms with van der Waals surface area (Å²) in [6.07, 6.45) is -1.10. The number of likely N-dealkylation sites (N-methyl/N-ethyl adjacent to an activating group) is 1. The van der Waals surface area contributed by atoms with Crippen LogP contribution in [0, 0.1) is 6.92 Å². The van der Waals surface area contributed by atoms with Crippen LogP contribution in [0.1, 0.15) is 21.5 Å². The number of aromatic nitrogens is 3. The molecule has 1 aliphatic heterocycles. The van der Waals surface area contributed by atoms with Crippen molar-refractivity contribution in [3.63, 3.8) is 0 Å². The normalized spacial score (nSPS) is 14.0. The Morgan fingerprint density at radius 2 is 1.79 bits per heavy atom. The Balaban J connectivity index is 1.40. The Morgan fingerprint density at radius 1 is 1.00 bits per heavy atom. The third kappa shape index (κ3) is 6.60. The lowest BCUT2D eigenvalue weighted by molar-refractivity contribution is -0.137. The number of anilines is 3. The highest BCUT2D eigenvalue weighted by Crippen LogP contribution is 2.36. The molecule has 0 bridgehead atoms. The number of carbonyl (C=O) groups is 1. The number of pyridine rings is 1. The molecule has 5 rings (SSSR count). The van der Waals surface area contributed by atoms with Gasteiger partial charge in [-0.1, -0.05) is 6.07 Å². The number of hydrogen-bond acceptors (Lipinski definition) is 8. The van der Waals surface area contributed by atoms with E-state index in [0.29, 0.717) is 40.1 Å². The van der Waals surface area contributed by atoms with E-state index in [1.165, 1.54) is 12.1 Å². The van der Waals surface area contributed by atoms with Gasteiger partial charge in [-0.2, -0.15) is 13.2 Å². The van der Waals surface area contributed by atoms with E-state index >= 15 is 0 Å². The molecule has 0 radical (unpaired) electrons. The van der Waals surface area contributed by atoms with E-state index in [-0.39, 0.29) is 5.56 Å². The first kappa shape index (κ1) is 28.8. The van der Waals surface area contributed by atoms with Gasteiger partial charge in [0.1, 0.15) is 5.75 Å². The molecule has 12 heteroatoms. The standard InChI is InChI=1S/C30H30F3N7O2/c1-19-15-22(37-27(41)20-5-4-6-21(16-20)30(31,32)33)7-8-26(19)42-28-24(25-9-10-35-29(34-2)38-25)17-23(18-36-28)40-13-11-39(3)12-14-40/h4-10,15-18H,11-14H2,1-3H3,(H,37,41)(H,34,35,38). The van der Waals surface area contributed by atoms with Crippen molar-refractivity contribution in [3.8, 4) is 22.9 Å². The van der Waals surface area contributed by atoms with Gasteiger partial charge >= 0.3 is 6.18 Å². The summed E-state index contributed by atoms with van der Waals surface area (Å²) in [6.45, 7) is 5.44. The molecule has 1 amide bonds. The maximum Gasteiger partial charge on any atom is 0.416 e. The second-order valence-corrected chi connectivity index (χ2v) is 9.97. The van der Waals surface area contributed by atoms with Crippen LogP contribution in [0.5, 0.6) is 11.6 Å². The molecule has 42 heavy (non-hydrogen) atoms. The van der Waals surface area contributed by atoms with Gasteiger partial charge in [-0.25, -0.2) is 15.0 Å². The Kier molecular flexibility index (Phi) is 8.25. The number of aryl methyl sites for hydroxylation is 1.